The molecule has 21 heavy (non-hydrogen) atoms. The maximum absolute atomic E-state index is 4.63. The molecule has 0 saturated heterocycles. The minimum absolute atomic E-state index is 0.251. The van der Waals surface area contributed by atoms with Crippen LogP contribution in [0.5, 0.6) is 0 Å². The molecule has 0 aliphatic rings. The van der Waals surface area contributed by atoms with Crippen molar-refractivity contribution in [1.29, 1.82) is 0 Å². The Balaban J connectivity index is 1.95. The first-order chi connectivity index (χ1) is 10.1. The summed E-state index contributed by atoms with van der Waals surface area (Å²) < 4.78 is 0. The van der Waals surface area contributed by atoms with Gasteiger partial charge < -0.3 is 5.32 Å². The summed E-state index contributed by atoms with van der Waals surface area (Å²) in [5, 5.41) is 4.69. The van der Waals surface area contributed by atoms with E-state index in [-0.39, 0.29) is 6.04 Å². The molecule has 0 saturated carbocycles. The van der Waals surface area contributed by atoms with Crippen molar-refractivity contribution in [2.45, 2.75) is 59.4 Å². The average Bonchev–Trinajstić information content (AvgIpc) is 2.80. The number of benzene rings is 1. The fourth-order valence-corrected chi connectivity index (χ4v) is 3.53. The first-order valence-electron chi connectivity index (χ1n) is 7.89. The zero-order valence-electron chi connectivity index (χ0n) is 13.6. The molecule has 1 atom stereocenters. The molecule has 114 valence electrons. The first-order valence-corrected chi connectivity index (χ1v) is 8.71. The highest BCUT2D eigenvalue weighted by Crippen LogP contribution is 2.25. The van der Waals surface area contributed by atoms with Crippen molar-refractivity contribution in [2.24, 2.45) is 0 Å². The number of nitrogens with zero attached hydrogens (tertiary/aromatic N) is 1. The van der Waals surface area contributed by atoms with Crippen LogP contribution in [0.25, 0.3) is 0 Å². The number of aryl methyl sites for hydroxylation is 3. The van der Waals surface area contributed by atoms with Gasteiger partial charge in [0.05, 0.1) is 16.7 Å². The van der Waals surface area contributed by atoms with Gasteiger partial charge in [0.2, 0.25) is 0 Å². The van der Waals surface area contributed by atoms with Crippen molar-refractivity contribution < 1.29 is 0 Å². The lowest BCUT2D eigenvalue weighted by Crippen LogP contribution is -2.08. The normalized spacial score (nSPS) is 12.4. The number of thiazole rings is 1. The van der Waals surface area contributed by atoms with E-state index in [0.29, 0.717) is 0 Å². The van der Waals surface area contributed by atoms with E-state index < -0.39 is 0 Å². The van der Waals surface area contributed by atoms with Crippen LogP contribution in [0.2, 0.25) is 0 Å². The summed E-state index contributed by atoms with van der Waals surface area (Å²) in [6.07, 6.45) is 5.08. The molecule has 1 aromatic heterocycles. The Morgan fingerprint density at radius 1 is 1.14 bits per heavy atom. The van der Waals surface area contributed by atoms with Crippen LogP contribution in [0, 0.1) is 13.8 Å². The predicted octanol–water partition coefficient (Wildman–Crippen LogP) is 5.67. The molecular formula is C18H26N2S. The molecule has 1 aromatic carbocycles. The Bertz CT molecular complexity index is 557. The molecule has 0 bridgehead atoms. The highest BCUT2D eigenvalue weighted by atomic mass is 32.1. The van der Waals surface area contributed by atoms with Crippen LogP contribution < -0.4 is 5.32 Å². The summed E-state index contributed by atoms with van der Waals surface area (Å²) >= 11 is 1.77. The van der Waals surface area contributed by atoms with Gasteiger partial charge in [-0.2, -0.15) is 0 Å². The lowest BCUT2D eigenvalue weighted by molar-refractivity contribution is 0.717. The molecule has 2 nitrogen and oxygen atoms in total. The van der Waals surface area contributed by atoms with Gasteiger partial charge in [-0.1, -0.05) is 31.9 Å². The van der Waals surface area contributed by atoms with Gasteiger partial charge in [-0.05, 0) is 51.3 Å². The third-order valence-electron chi connectivity index (χ3n) is 3.76. The molecule has 0 aliphatic heterocycles. The highest BCUT2D eigenvalue weighted by molar-refractivity contribution is 7.11. The standard InChI is InChI=1S/C18H26N2S/c1-5-6-7-8-16-9-11-17(12-10-16)19-13(2)18-14(3)21-15(4)20-18/h9-13,19H,5-8H2,1-4H3. The number of anilines is 1. The Kier molecular flexibility index (Phi) is 5.80. The smallest absolute Gasteiger partial charge is 0.0901 e. The Labute approximate surface area is 132 Å². The molecule has 0 aliphatic carbocycles. The number of hydrogen-bond acceptors (Lipinski definition) is 3. The summed E-state index contributed by atoms with van der Waals surface area (Å²) in [5.74, 6) is 0. The molecule has 0 amide bonds. The van der Waals surface area contributed by atoms with Gasteiger partial charge in [-0.3, -0.25) is 0 Å². The number of hydrogen-bond donors (Lipinski definition) is 1. The van der Waals surface area contributed by atoms with Crippen molar-refractivity contribution in [1.82, 2.24) is 4.98 Å². The third kappa shape index (κ3) is 4.57. The van der Waals surface area contributed by atoms with E-state index in [1.807, 2.05) is 0 Å². The van der Waals surface area contributed by atoms with E-state index in [1.54, 1.807) is 11.3 Å². The number of nitrogens with one attached hydrogen (secondary N) is 1. The van der Waals surface area contributed by atoms with Gasteiger partial charge in [0.15, 0.2) is 0 Å². The summed E-state index contributed by atoms with van der Waals surface area (Å²) in [4.78, 5) is 5.94. The summed E-state index contributed by atoms with van der Waals surface area (Å²) in [6, 6.07) is 9.10. The predicted molar refractivity (Wildman–Crippen MR) is 93.3 cm³/mol. The third-order valence-corrected chi connectivity index (χ3v) is 4.66. The molecule has 2 rings (SSSR count). The van der Waals surface area contributed by atoms with Gasteiger partial charge in [0, 0.05) is 10.6 Å². The quantitative estimate of drug-likeness (QED) is 0.667. The zero-order chi connectivity index (χ0) is 15.2. The van der Waals surface area contributed by atoms with E-state index in [0.717, 1.165) is 5.01 Å². The summed E-state index contributed by atoms with van der Waals surface area (Å²) in [6.45, 7) is 8.64. The summed E-state index contributed by atoms with van der Waals surface area (Å²) in [5.41, 5.74) is 3.78. The minimum atomic E-state index is 0.251. The van der Waals surface area contributed by atoms with Gasteiger partial charge in [-0.15, -0.1) is 11.3 Å². The second kappa shape index (κ2) is 7.60. The Morgan fingerprint density at radius 3 is 2.43 bits per heavy atom. The van der Waals surface area contributed by atoms with E-state index in [4.69, 9.17) is 0 Å². The van der Waals surface area contributed by atoms with Crippen LogP contribution in [-0.2, 0) is 6.42 Å². The lowest BCUT2D eigenvalue weighted by atomic mass is 10.1. The summed E-state index contributed by atoms with van der Waals surface area (Å²) in [7, 11) is 0. The fourth-order valence-electron chi connectivity index (χ4n) is 2.61. The fraction of sp³-hybridized carbons (Fsp3) is 0.500. The van der Waals surface area contributed by atoms with Gasteiger partial charge in [0.1, 0.15) is 0 Å². The Hall–Kier alpha value is -1.35. The molecule has 1 unspecified atom stereocenters. The molecule has 2 aromatic rings. The van der Waals surface area contributed by atoms with E-state index in [1.165, 1.54) is 47.5 Å². The van der Waals surface area contributed by atoms with Crippen molar-refractivity contribution in [3.63, 3.8) is 0 Å². The Morgan fingerprint density at radius 2 is 1.86 bits per heavy atom. The van der Waals surface area contributed by atoms with Crippen molar-refractivity contribution in [3.05, 3.63) is 45.4 Å². The zero-order valence-corrected chi connectivity index (χ0v) is 14.4. The molecule has 0 fully saturated rings. The van der Waals surface area contributed by atoms with Crippen molar-refractivity contribution in [2.75, 3.05) is 5.32 Å². The van der Waals surface area contributed by atoms with Gasteiger partial charge in [0.25, 0.3) is 0 Å². The number of unbranched alkanes of at least 4 members (excludes halogenated alkanes) is 2. The van der Waals surface area contributed by atoms with Crippen LogP contribution in [0.15, 0.2) is 24.3 Å². The molecule has 3 heteroatoms. The lowest BCUT2D eigenvalue weighted by Gasteiger charge is -2.14. The van der Waals surface area contributed by atoms with Crippen LogP contribution in [0.3, 0.4) is 0 Å². The molecule has 0 radical (unpaired) electrons. The van der Waals surface area contributed by atoms with E-state index >= 15 is 0 Å². The average molecular weight is 302 g/mol. The second-order valence-electron chi connectivity index (χ2n) is 5.69. The van der Waals surface area contributed by atoms with Gasteiger partial charge >= 0.3 is 0 Å². The van der Waals surface area contributed by atoms with Crippen molar-refractivity contribution in [3.8, 4) is 0 Å². The first kappa shape index (κ1) is 16.0. The van der Waals surface area contributed by atoms with Crippen LogP contribution in [-0.4, -0.2) is 4.98 Å². The number of aromatic nitrogens is 1. The van der Waals surface area contributed by atoms with Crippen LogP contribution in [0.4, 0.5) is 5.69 Å². The second-order valence-corrected chi connectivity index (χ2v) is 7.10. The molecule has 1 N–H and O–H groups in total. The van der Waals surface area contributed by atoms with Gasteiger partial charge in [-0.25, -0.2) is 4.98 Å². The minimum Gasteiger partial charge on any atom is -0.377 e. The van der Waals surface area contributed by atoms with Crippen LogP contribution >= 0.6 is 11.3 Å². The maximum atomic E-state index is 4.63. The molecule has 0 spiro atoms. The van der Waals surface area contributed by atoms with Crippen molar-refractivity contribution >= 4 is 17.0 Å². The topological polar surface area (TPSA) is 24.9 Å². The largest absolute Gasteiger partial charge is 0.377 e. The SMILES string of the molecule is CCCCCc1ccc(NC(C)c2nc(C)sc2C)cc1. The monoisotopic (exact) mass is 302 g/mol. The highest BCUT2D eigenvalue weighted by Gasteiger charge is 2.12. The van der Waals surface area contributed by atoms with E-state index in [9.17, 15) is 0 Å². The van der Waals surface area contributed by atoms with E-state index in [2.05, 4.69) is 62.3 Å². The molecule has 1 heterocycles. The number of rotatable bonds is 7. The maximum Gasteiger partial charge on any atom is 0.0901 e. The molecular weight excluding hydrogens is 276 g/mol. The van der Waals surface area contributed by atoms with Crippen LogP contribution in [0.1, 0.15) is 60.3 Å².